The van der Waals surface area contributed by atoms with E-state index in [-0.39, 0.29) is 30.5 Å². The van der Waals surface area contributed by atoms with E-state index in [4.69, 9.17) is 4.74 Å². The Bertz CT molecular complexity index is 598. The van der Waals surface area contributed by atoms with Crippen LogP contribution >= 0.6 is 27.3 Å². The third-order valence-electron chi connectivity index (χ3n) is 2.82. The highest BCUT2D eigenvalue weighted by Crippen LogP contribution is 2.31. The van der Waals surface area contributed by atoms with Crippen LogP contribution in [0, 0.1) is 6.92 Å². The smallest absolute Gasteiger partial charge is 0.244 e. The number of nitrogens with zero attached hydrogens (tertiary/aromatic N) is 2. The molecule has 0 bridgehead atoms. The quantitative estimate of drug-likeness (QED) is 0.698. The molecule has 0 aliphatic rings. The van der Waals surface area contributed by atoms with Crippen molar-refractivity contribution < 1.29 is 17.9 Å². The molecule has 0 spiro atoms. The number of amides is 1. The van der Waals surface area contributed by atoms with Crippen molar-refractivity contribution in [2.24, 2.45) is 0 Å². The summed E-state index contributed by atoms with van der Waals surface area (Å²) in [5, 5.41) is 0. The Kier molecular flexibility index (Phi) is 6.79. The lowest BCUT2D eigenvalue weighted by atomic mass is 10.5. The average Bonchev–Trinajstić information content (AvgIpc) is 2.73. The summed E-state index contributed by atoms with van der Waals surface area (Å²) >= 11 is 4.63. The molecule has 0 radical (unpaired) electrons. The SMILES string of the molecule is COCCN(CC(=O)N(C)C)S(=O)(=O)c1cc(Br)sc1C. The maximum atomic E-state index is 12.7. The van der Waals surface area contributed by atoms with Gasteiger partial charge in [0.15, 0.2) is 0 Å². The van der Waals surface area contributed by atoms with Crippen LogP contribution in [-0.4, -0.2) is 64.4 Å². The van der Waals surface area contributed by atoms with Crippen LogP contribution in [0.15, 0.2) is 14.7 Å². The van der Waals surface area contributed by atoms with Crippen molar-refractivity contribution in [2.75, 3.05) is 40.9 Å². The number of carbonyl (C=O) groups excluding carboxylic acids is 1. The Morgan fingerprint density at radius 1 is 1.43 bits per heavy atom. The minimum atomic E-state index is -3.73. The van der Waals surface area contributed by atoms with E-state index >= 15 is 0 Å². The predicted octanol–water partition coefficient (Wildman–Crippen LogP) is 1.54. The topological polar surface area (TPSA) is 66.9 Å². The summed E-state index contributed by atoms with van der Waals surface area (Å²) in [6.07, 6.45) is 0. The number of likely N-dealkylation sites (N-methyl/N-ethyl adjacent to an activating group) is 1. The lowest BCUT2D eigenvalue weighted by Gasteiger charge is -2.23. The van der Waals surface area contributed by atoms with Crippen molar-refractivity contribution in [1.82, 2.24) is 9.21 Å². The lowest BCUT2D eigenvalue weighted by molar-refractivity contribution is -0.128. The van der Waals surface area contributed by atoms with Gasteiger partial charge in [-0.15, -0.1) is 11.3 Å². The number of thiophene rings is 1. The summed E-state index contributed by atoms with van der Waals surface area (Å²) in [6, 6.07) is 1.56. The van der Waals surface area contributed by atoms with E-state index in [1.54, 1.807) is 27.1 Å². The summed E-state index contributed by atoms with van der Waals surface area (Å²) in [7, 11) is 0.952. The number of halogens is 1. The van der Waals surface area contributed by atoms with Gasteiger partial charge in [0.05, 0.1) is 21.8 Å². The van der Waals surface area contributed by atoms with Gasteiger partial charge in [0.2, 0.25) is 15.9 Å². The normalized spacial score (nSPS) is 11.9. The van der Waals surface area contributed by atoms with E-state index in [2.05, 4.69) is 15.9 Å². The summed E-state index contributed by atoms with van der Waals surface area (Å²) < 4.78 is 32.3. The van der Waals surface area contributed by atoms with Gasteiger partial charge in [0, 0.05) is 32.6 Å². The van der Waals surface area contributed by atoms with Crippen molar-refractivity contribution in [2.45, 2.75) is 11.8 Å². The molecule has 1 aromatic heterocycles. The number of ether oxygens (including phenoxy) is 1. The maximum absolute atomic E-state index is 12.7. The van der Waals surface area contributed by atoms with Crippen molar-refractivity contribution in [3.05, 3.63) is 14.7 Å². The van der Waals surface area contributed by atoms with Gasteiger partial charge in [0.1, 0.15) is 0 Å². The van der Waals surface area contributed by atoms with Gasteiger partial charge in [-0.3, -0.25) is 4.79 Å². The van der Waals surface area contributed by atoms with E-state index in [0.717, 1.165) is 8.09 Å². The highest BCUT2D eigenvalue weighted by atomic mass is 79.9. The molecular formula is C12H19BrN2O4S2. The molecule has 0 aliphatic carbocycles. The van der Waals surface area contributed by atoms with Crippen LogP contribution in [-0.2, 0) is 19.6 Å². The molecule has 21 heavy (non-hydrogen) atoms. The van der Waals surface area contributed by atoms with Gasteiger partial charge >= 0.3 is 0 Å². The third kappa shape index (κ3) is 4.75. The molecular weight excluding hydrogens is 380 g/mol. The maximum Gasteiger partial charge on any atom is 0.244 e. The number of aryl methyl sites for hydroxylation is 1. The highest BCUT2D eigenvalue weighted by Gasteiger charge is 2.29. The van der Waals surface area contributed by atoms with E-state index in [0.29, 0.717) is 4.88 Å². The molecule has 1 amide bonds. The number of sulfonamides is 1. The van der Waals surface area contributed by atoms with Crippen molar-refractivity contribution in [3.8, 4) is 0 Å². The molecule has 1 aromatic rings. The van der Waals surface area contributed by atoms with Crippen LogP contribution in [0.25, 0.3) is 0 Å². The summed E-state index contributed by atoms with van der Waals surface area (Å²) in [6.45, 7) is 1.89. The standard InChI is InChI=1S/C12H19BrN2O4S2/c1-9-10(7-11(13)20-9)21(17,18)15(5-6-19-4)8-12(16)14(2)3/h7H,5-6,8H2,1-4H3. The number of hydrogen-bond acceptors (Lipinski definition) is 5. The van der Waals surface area contributed by atoms with E-state index in [1.807, 2.05) is 0 Å². The van der Waals surface area contributed by atoms with Gasteiger partial charge < -0.3 is 9.64 Å². The first kappa shape index (κ1) is 18.6. The molecule has 0 saturated heterocycles. The minimum Gasteiger partial charge on any atom is -0.383 e. The number of rotatable bonds is 7. The van der Waals surface area contributed by atoms with Crippen molar-refractivity contribution >= 4 is 43.2 Å². The van der Waals surface area contributed by atoms with Crippen LogP contribution in [0.2, 0.25) is 0 Å². The Morgan fingerprint density at radius 3 is 2.48 bits per heavy atom. The molecule has 0 N–H and O–H groups in total. The first-order valence-corrected chi connectivity index (χ1v) is 9.20. The zero-order chi connectivity index (χ0) is 16.2. The summed E-state index contributed by atoms with van der Waals surface area (Å²) in [5.74, 6) is -0.276. The largest absolute Gasteiger partial charge is 0.383 e. The molecule has 0 aromatic carbocycles. The Morgan fingerprint density at radius 2 is 2.05 bits per heavy atom. The monoisotopic (exact) mass is 398 g/mol. The molecule has 1 rings (SSSR count). The molecule has 0 atom stereocenters. The zero-order valence-corrected chi connectivity index (χ0v) is 15.6. The van der Waals surface area contributed by atoms with Crippen LogP contribution in [0.4, 0.5) is 0 Å². The zero-order valence-electron chi connectivity index (χ0n) is 12.4. The molecule has 0 saturated carbocycles. The number of hydrogen-bond donors (Lipinski definition) is 0. The predicted molar refractivity (Wildman–Crippen MR) is 86.1 cm³/mol. The molecule has 6 nitrogen and oxygen atoms in total. The van der Waals surface area contributed by atoms with Crippen LogP contribution < -0.4 is 0 Å². The summed E-state index contributed by atoms with van der Waals surface area (Å²) in [5.41, 5.74) is 0. The molecule has 0 aliphatic heterocycles. The van der Waals surface area contributed by atoms with Gasteiger partial charge in [-0.05, 0) is 28.9 Å². The van der Waals surface area contributed by atoms with E-state index in [9.17, 15) is 13.2 Å². The van der Waals surface area contributed by atoms with Crippen LogP contribution in [0.3, 0.4) is 0 Å². The highest BCUT2D eigenvalue weighted by molar-refractivity contribution is 9.11. The van der Waals surface area contributed by atoms with Crippen LogP contribution in [0.1, 0.15) is 4.88 Å². The van der Waals surface area contributed by atoms with Gasteiger partial charge in [0.25, 0.3) is 0 Å². The van der Waals surface area contributed by atoms with Crippen molar-refractivity contribution in [1.29, 1.82) is 0 Å². The molecule has 120 valence electrons. The second kappa shape index (κ2) is 7.68. The molecule has 9 heteroatoms. The molecule has 0 unspecified atom stereocenters. The van der Waals surface area contributed by atoms with Gasteiger partial charge in [-0.25, -0.2) is 8.42 Å². The van der Waals surface area contributed by atoms with Crippen LogP contribution in [0.5, 0.6) is 0 Å². The fourth-order valence-corrected chi connectivity index (χ4v) is 5.35. The van der Waals surface area contributed by atoms with Gasteiger partial charge in [-0.1, -0.05) is 0 Å². The number of methoxy groups -OCH3 is 1. The third-order valence-corrected chi connectivity index (χ3v) is 6.47. The first-order valence-electron chi connectivity index (χ1n) is 6.15. The Labute approximate surface area is 137 Å². The summed E-state index contributed by atoms with van der Waals surface area (Å²) in [4.78, 5) is 14.1. The first-order chi connectivity index (χ1) is 9.70. The lowest BCUT2D eigenvalue weighted by Crippen LogP contribution is -2.41. The Balaban J connectivity index is 3.11. The second-order valence-corrected chi connectivity index (χ2v) is 9.13. The molecule has 1 heterocycles. The minimum absolute atomic E-state index is 0.130. The number of carbonyl (C=O) groups is 1. The van der Waals surface area contributed by atoms with E-state index in [1.165, 1.54) is 23.3 Å². The van der Waals surface area contributed by atoms with Gasteiger partial charge in [-0.2, -0.15) is 4.31 Å². The average molecular weight is 399 g/mol. The van der Waals surface area contributed by atoms with E-state index < -0.39 is 10.0 Å². The Hall–Kier alpha value is -0.480. The second-order valence-electron chi connectivity index (χ2n) is 4.59. The van der Waals surface area contributed by atoms with Crippen molar-refractivity contribution in [3.63, 3.8) is 0 Å². The fraction of sp³-hybridized carbons (Fsp3) is 0.583. The fourth-order valence-electron chi connectivity index (χ4n) is 1.60. The molecule has 0 fully saturated rings.